The Labute approximate surface area is 195 Å². The summed E-state index contributed by atoms with van der Waals surface area (Å²) in [7, 11) is 0. The third-order valence-corrected chi connectivity index (χ3v) is 6.37. The molecule has 0 spiro atoms. The summed E-state index contributed by atoms with van der Waals surface area (Å²) >= 11 is 5.86. The number of terminal acetylenes is 1. The van der Waals surface area contributed by atoms with Crippen LogP contribution in [0.4, 0.5) is 0 Å². The van der Waals surface area contributed by atoms with Crippen molar-refractivity contribution >= 4 is 12.2 Å². The maximum absolute atomic E-state index is 5.86. The zero-order chi connectivity index (χ0) is 22.7. The van der Waals surface area contributed by atoms with E-state index >= 15 is 0 Å². The fourth-order valence-corrected chi connectivity index (χ4v) is 4.22. The lowest BCUT2D eigenvalue weighted by atomic mass is 9.87. The maximum Gasteiger partial charge on any atom is 0.199 e. The monoisotopic (exact) mass is 449 g/mol. The highest BCUT2D eigenvalue weighted by atomic mass is 32.1. The van der Waals surface area contributed by atoms with Crippen LogP contribution in [0.15, 0.2) is 47.1 Å². The molecule has 0 bridgehead atoms. The third-order valence-electron chi connectivity index (χ3n) is 5.94. The number of nitrogens with zero attached hydrogens (tertiary/aromatic N) is 5. The molecule has 0 atom stereocenters. The van der Waals surface area contributed by atoms with Gasteiger partial charge in [0.15, 0.2) is 10.6 Å². The van der Waals surface area contributed by atoms with E-state index in [1.807, 2.05) is 16.8 Å². The lowest BCUT2D eigenvalue weighted by Crippen LogP contribution is -2.46. The SMILES string of the molecule is C#CCN1CCN(Cn2nc(-c3ccc(C(C)(C)C)cc3)n(Cc3ccco3)c2=S)CC1. The second kappa shape index (κ2) is 9.45. The molecule has 1 fully saturated rings. The van der Waals surface area contributed by atoms with Crippen molar-refractivity contribution in [2.24, 2.45) is 0 Å². The number of hydrogen-bond donors (Lipinski definition) is 0. The van der Waals surface area contributed by atoms with Gasteiger partial charge in [-0.15, -0.1) is 6.42 Å². The molecular formula is C25H31N5OS. The van der Waals surface area contributed by atoms with Crippen LogP contribution in [-0.2, 0) is 18.6 Å². The highest BCUT2D eigenvalue weighted by molar-refractivity contribution is 7.71. The molecule has 0 radical (unpaired) electrons. The van der Waals surface area contributed by atoms with Crippen molar-refractivity contribution in [3.63, 3.8) is 0 Å². The summed E-state index contributed by atoms with van der Waals surface area (Å²) in [5, 5.41) is 4.95. The Morgan fingerprint density at radius 3 is 2.34 bits per heavy atom. The highest BCUT2D eigenvalue weighted by Crippen LogP contribution is 2.26. The predicted octanol–water partition coefficient (Wildman–Crippen LogP) is 4.23. The molecule has 0 unspecified atom stereocenters. The molecule has 1 aliphatic heterocycles. The lowest BCUT2D eigenvalue weighted by Gasteiger charge is -2.33. The second-order valence-electron chi connectivity index (χ2n) is 9.34. The van der Waals surface area contributed by atoms with Crippen LogP contribution >= 0.6 is 12.2 Å². The summed E-state index contributed by atoms with van der Waals surface area (Å²) in [4.78, 5) is 4.67. The maximum atomic E-state index is 5.86. The molecule has 0 aliphatic carbocycles. The molecule has 4 rings (SSSR count). The Morgan fingerprint density at radius 1 is 1.06 bits per heavy atom. The van der Waals surface area contributed by atoms with Gasteiger partial charge in [-0.1, -0.05) is 51.0 Å². The average Bonchev–Trinajstić information content (AvgIpc) is 3.39. The standard InChI is InChI=1S/C25H31N5OS/c1-5-12-27-13-15-28(16-14-27)19-30-24(32)29(18-22-7-6-17-31-22)23(26-30)20-8-10-21(11-9-20)25(2,3)4/h1,6-11,17H,12-16,18-19H2,2-4H3. The molecule has 3 aromatic rings. The Balaban J connectivity index is 1.62. The van der Waals surface area contributed by atoms with E-state index in [-0.39, 0.29) is 5.41 Å². The first-order chi connectivity index (χ1) is 15.3. The minimum Gasteiger partial charge on any atom is -0.467 e. The van der Waals surface area contributed by atoms with Crippen LogP contribution in [0, 0.1) is 17.1 Å². The molecule has 7 heteroatoms. The molecule has 0 amide bonds. The first kappa shape index (κ1) is 22.5. The van der Waals surface area contributed by atoms with E-state index in [2.05, 4.69) is 65.3 Å². The number of piperazine rings is 1. The Hall–Kier alpha value is -2.66. The molecule has 2 aromatic heterocycles. The van der Waals surface area contributed by atoms with Crippen LogP contribution in [0.5, 0.6) is 0 Å². The first-order valence-corrected chi connectivity index (χ1v) is 11.4. The van der Waals surface area contributed by atoms with Crippen molar-refractivity contribution in [2.45, 2.75) is 39.4 Å². The molecule has 3 heterocycles. The van der Waals surface area contributed by atoms with Crippen LogP contribution < -0.4 is 0 Å². The van der Waals surface area contributed by atoms with Crippen molar-refractivity contribution in [3.8, 4) is 23.7 Å². The lowest BCUT2D eigenvalue weighted by molar-refractivity contribution is 0.111. The molecule has 0 saturated carbocycles. The normalized spacial score (nSPS) is 15.7. The van der Waals surface area contributed by atoms with Gasteiger partial charge in [0.05, 0.1) is 26.0 Å². The largest absolute Gasteiger partial charge is 0.467 e. The molecule has 1 aliphatic rings. The van der Waals surface area contributed by atoms with E-state index in [1.165, 1.54) is 5.56 Å². The average molecular weight is 450 g/mol. The van der Waals surface area contributed by atoms with Gasteiger partial charge in [-0.25, -0.2) is 4.68 Å². The van der Waals surface area contributed by atoms with Gasteiger partial charge in [0.25, 0.3) is 0 Å². The first-order valence-electron chi connectivity index (χ1n) is 11.0. The summed E-state index contributed by atoms with van der Waals surface area (Å²) < 4.78 is 10.3. The fourth-order valence-electron chi connectivity index (χ4n) is 3.97. The number of rotatable bonds is 6. The quantitative estimate of drug-likeness (QED) is 0.416. The van der Waals surface area contributed by atoms with E-state index in [0.29, 0.717) is 24.5 Å². The summed E-state index contributed by atoms with van der Waals surface area (Å²) in [5.41, 5.74) is 2.45. The van der Waals surface area contributed by atoms with Gasteiger partial charge in [-0.2, -0.15) is 5.10 Å². The summed E-state index contributed by atoms with van der Waals surface area (Å²) in [6, 6.07) is 12.5. The van der Waals surface area contributed by atoms with Crippen LogP contribution in [0.3, 0.4) is 0 Å². The number of aromatic nitrogens is 3. The van der Waals surface area contributed by atoms with E-state index < -0.39 is 0 Å². The molecule has 1 aromatic carbocycles. The molecular weight excluding hydrogens is 418 g/mol. The fraction of sp³-hybridized carbons (Fsp3) is 0.440. The summed E-state index contributed by atoms with van der Waals surface area (Å²) in [6.07, 6.45) is 7.15. The van der Waals surface area contributed by atoms with Crippen LogP contribution in [-0.4, -0.2) is 56.9 Å². The van der Waals surface area contributed by atoms with Gasteiger partial charge in [0.2, 0.25) is 0 Å². The summed E-state index contributed by atoms with van der Waals surface area (Å²) in [6.45, 7) is 12.4. The van der Waals surface area contributed by atoms with E-state index in [0.717, 1.165) is 43.3 Å². The van der Waals surface area contributed by atoms with Gasteiger partial charge in [-0.05, 0) is 35.3 Å². The highest BCUT2D eigenvalue weighted by Gasteiger charge is 2.20. The molecule has 32 heavy (non-hydrogen) atoms. The topological polar surface area (TPSA) is 42.4 Å². The van der Waals surface area contributed by atoms with Gasteiger partial charge in [0, 0.05) is 31.7 Å². The minimum atomic E-state index is 0.104. The van der Waals surface area contributed by atoms with E-state index in [9.17, 15) is 0 Å². The second-order valence-corrected chi connectivity index (χ2v) is 9.70. The number of hydrogen-bond acceptors (Lipinski definition) is 5. The third kappa shape index (κ3) is 5.04. The van der Waals surface area contributed by atoms with Crippen molar-refractivity contribution in [2.75, 3.05) is 32.7 Å². The van der Waals surface area contributed by atoms with Crippen molar-refractivity contribution in [3.05, 3.63) is 58.8 Å². The molecule has 6 nitrogen and oxygen atoms in total. The Kier molecular flexibility index (Phi) is 6.66. The van der Waals surface area contributed by atoms with Crippen LogP contribution in [0.2, 0.25) is 0 Å². The molecule has 0 N–H and O–H groups in total. The predicted molar refractivity (Wildman–Crippen MR) is 130 cm³/mol. The van der Waals surface area contributed by atoms with E-state index in [4.69, 9.17) is 28.2 Å². The Bertz CT molecular complexity index is 1120. The smallest absolute Gasteiger partial charge is 0.199 e. The van der Waals surface area contributed by atoms with Gasteiger partial charge < -0.3 is 4.42 Å². The summed E-state index contributed by atoms with van der Waals surface area (Å²) in [5.74, 6) is 4.45. The van der Waals surface area contributed by atoms with Gasteiger partial charge >= 0.3 is 0 Å². The van der Waals surface area contributed by atoms with Crippen molar-refractivity contribution in [1.29, 1.82) is 0 Å². The number of benzene rings is 1. The van der Waals surface area contributed by atoms with Crippen LogP contribution in [0.1, 0.15) is 32.1 Å². The van der Waals surface area contributed by atoms with Crippen molar-refractivity contribution < 1.29 is 4.42 Å². The van der Waals surface area contributed by atoms with Crippen molar-refractivity contribution in [1.82, 2.24) is 24.1 Å². The minimum absolute atomic E-state index is 0.104. The molecule has 1 saturated heterocycles. The number of furan rings is 1. The zero-order valence-electron chi connectivity index (χ0n) is 19.1. The van der Waals surface area contributed by atoms with Gasteiger partial charge in [0.1, 0.15) is 5.76 Å². The van der Waals surface area contributed by atoms with Crippen LogP contribution in [0.25, 0.3) is 11.4 Å². The van der Waals surface area contributed by atoms with Gasteiger partial charge in [-0.3, -0.25) is 14.4 Å². The Morgan fingerprint density at radius 2 is 1.75 bits per heavy atom. The van der Waals surface area contributed by atoms with E-state index in [1.54, 1.807) is 6.26 Å². The zero-order valence-corrected chi connectivity index (χ0v) is 19.9. The molecule has 168 valence electrons.